The molecule has 2 amide bonds. The van der Waals surface area contributed by atoms with Gasteiger partial charge in [-0.3, -0.25) is 0 Å². The predicted molar refractivity (Wildman–Crippen MR) is 44.4 cm³/mol. The molecule has 2 heterocycles. The number of carbonyl (C=O) groups excluding carboxylic acids is 2. The molecule has 2 rings (SSSR count). The van der Waals surface area contributed by atoms with Crippen LogP contribution in [0.3, 0.4) is 0 Å². The zero-order chi connectivity index (χ0) is 11.1. The van der Waals surface area contributed by atoms with E-state index in [9.17, 15) is 19.0 Å². The SMILES string of the molecule is [O]P(=O)(N1CCOC1=O)N1CCOC1=O. The van der Waals surface area contributed by atoms with E-state index >= 15 is 0 Å². The van der Waals surface area contributed by atoms with Crippen molar-refractivity contribution in [1.29, 1.82) is 0 Å². The van der Waals surface area contributed by atoms with Crippen molar-refractivity contribution >= 4 is 19.9 Å². The Balaban J connectivity index is 2.22. The third-order valence-electron chi connectivity index (χ3n) is 2.09. The maximum absolute atomic E-state index is 11.7. The highest BCUT2D eigenvalue weighted by atomic mass is 31.2. The molecular weight excluding hydrogens is 227 g/mol. The van der Waals surface area contributed by atoms with Crippen molar-refractivity contribution in [3.63, 3.8) is 0 Å². The van der Waals surface area contributed by atoms with Crippen molar-refractivity contribution in [2.24, 2.45) is 0 Å². The van der Waals surface area contributed by atoms with Gasteiger partial charge in [0.25, 0.3) is 0 Å². The van der Waals surface area contributed by atoms with Gasteiger partial charge < -0.3 is 9.47 Å². The summed E-state index contributed by atoms with van der Waals surface area (Å²) in [6, 6.07) is 0. The van der Waals surface area contributed by atoms with Crippen LogP contribution in [0.25, 0.3) is 0 Å². The number of hydrogen-bond acceptors (Lipinski definition) is 5. The second kappa shape index (κ2) is 3.39. The van der Waals surface area contributed by atoms with Crippen LogP contribution in [0.15, 0.2) is 0 Å². The average Bonchev–Trinajstić information content (AvgIpc) is 2.73. The first kappa shape index (κ1) is 10.3. The number of hydrogen-bond donors (Lipinski definition) is 0. The van der Waals surface area contributed by atoms with Crippen LogP contribution >= 0.6 is 7.67 Å². The van der Waals surface area contributed by atoms with Gasteiger partial charge in [0.1, 0.15) is 13.2 Å². The summed E-state index contributed by atoms with van der Waals surface area (Å²) in [5.74, 6) is 0. The first-order valence-electron chi connectivity index (χ1n) is 4.24. The second-order valence-electron chi connectivity index (χ2n) is 2.97. The highest BCUT2D eigenvalue weighted by molar-refractivity contribution is 7.54. The Kier molecular flexibility index (Phi) is 2.32. The van der Waals surface area contributed by atoms with Crippen LogP contribution in [0.2, 0.25) is 0 Å². The van der Waals surface area contributed by atoms with Crippen LogP contribution in [0.1, 0.15) is 0 Å². The maximum Gasteiger partial charge on any atom is 0.434 e. The van der Waals surface area contributed by atoms with Crippen LogP contribution in [0, 0.1) is 0 Å². The summed E-state index contributed by atoms with van der Waals surface area (Å²) in [6.07, 6.45) is -1.90. The van der Waals surface area contributed by atoms with E-state index in [0.29, 0.717) is 9.34 Å². The predicted octanol–water partition coefficient (Wildman–Crippen LogP) is 0.429. The molecule has 0 bridgehead atoms. The molecule has 8 nitrogen and oxygen atoms in total. The standard InChI is InChI=1S/C6H8N2O6P/c9-5-7(1-3-13-5)15(11,12)8-2-4-14-6(8)10/h1-4H2. The number of carbonyl (C=O) groups is 2. The molecule has 2 saturated heterocycles. The van der Waals surface area contributed by atoms with Crippen molar-refractivity contribution in [2.45, 2.75) is 0 Å². The smallest absolute Gasteiger partial charge is 0.434 e. The molecule has 0 unspecified atom stereocenters. The quantitative estimate of drug-likeness (QED) is 0.646. The Morgan fingerprint density at radius 2 is 1.40 bits per heavy atom. The molecule has 2 aliphatic rings. The van der Waals surface area contributed by atoms with Gasteiger partial charge in [-0.1, -0.05) is 0 Å². The zero-order valence-corrected chi connectivity index (χ0v) is 8.51. The Labute approximate surface area is 84.9 Å². The number of amides is 2. The fourth-order valence-electron chi connectivity index (χ4n) is 1.36. The van der Waals surface area contributed by atoms with E-state index in [-0.39, 0.29) is 26.3 Å². The normalized spacial score (nSPS) is 21.9. The molecule has 0 aromatic heterocycles. The van der Waals surface area contributed by atoms with E-state index in [2.05, 4.69) is 9.47 Å². The minimum atomic E-state index is -4.43. The fraction of sp³-hybridized carbons (Fsp3) is 0.667. The Morgan fingerprint density at radius 1 is 1.00 bits per heavy atom. The van der Waals surface area contributed by atoms with Gasteiger partial charge >= 0.3 is 19.9 Å². The lowest BCUT2D eigenvalue weighted by molar-refractivity contribution is 0.158. The van der Waals surface area contributed by atoms with Crippen molar-refractivity contribution in [1.82, 2.24) is 9.34 Å². The second-order valence-corrected chi connectivity index (χ2v) is 4.91. The van der Waals surface area contributed by atoms with Gasteiger partial charge in [0.15, 0.2) is 0 Å². The molecule has 1 radical (unpaired) electrons. The molecule has 15 heavy (non-hydrogen) atoms. The molecule has 0 aromatic carbocycles. The summed E-state index contributed by atoms with van der Waals surface area (Å²) in [6.45, 7) is -0.116. The van der Waals surface area contributed by atoms with Gasteiger partial charge in [-0.05, 0) is 0 Å². The third-order valence-corrected chi connectivity index (χ3v) is 4.04. The van der Waals surface area contributed by atoms with Gasteiger partial charge in [0.2, 0.25) is 0 Å². The van der Waals surface area contributed by atoms with Crippen molar-refractivity contribution in [3.8, 4) is 0 Å². The lowest BCUT2D eigenvalue weighted by Crippen LogP contribution is -2.32. The topological polar surface area (TPSA) is 96.0 Å². The molecule has 83 valence electrons. The van der Waals surface area contributed by atoms with E-state index in [1.165, 1.54) is 0 Å². The first-order chi connectivity index (χ1) is 7.03. The Morgan fingerprint density at radius 3 is 1.67 bits per heavy atom. The van der Waals surface area contributed by atoms with Gasteiger partial charge in [-0.15, -0.1) is 4.89 Å². The van der Waals surface area contributed by atoms with Crippen LogP contribution in [0.4, 0.5) is 9.59 Å². The van der Waals surface area contributed by atoms with Crippen LogP contribution in [-0.2, 0) is 18.9 Å². The summed E-state index contributed by atoms with van der Waals surface area (Å²) in [5.41, 5.74) is 0. The highest BCUT2D eigenvalue weighted by Crippen LogP contribution is 2.52. The van der Waals surface area contributed by atoms with E-state index in [0.717, 1.165) is 0 Å². The van der Waals surface area contributed by atoms with Gasteiger partial charge in [-0.2, -0.15) is 0 Å². The lowest BCUT2D eigenvalue weighted by Gasteiger charge is -2.23. The molecule has 0 saturated carbocycles. The summed E-state index contributed by atoms with van der Waals surface area (Å²) >= 11 is 0. The highest BCUT2D eigenvalue weighted by Gasteiger charge is 2.49. The number of cyclic esters (lactones) is 2. The molecule has 0 aromatic rings. The molecule has 0 aliphatic carbocycles. The Bertz CT molecular complexity index is 328. The Hall–Kier alpha value is -1.27. The molecule has 0 atom stereocenters. The van der Waals surface area contributed by atoms with Crippen molar-refractivity contribution < 1.29 is 28.5 Å². The lowest BCUT2D eigenvalue weighted by atomic mass is 10.7. The molecule has 0 N–H and O–H groups in total. The minimum absolute atomic E-state index is 0.00789. The summed E-state index contributed by atoms with van der Waals surface area (Å²) in [4.78, 5) is 33.8. The van der Waals surface area contributed by atoms with Gasteiger partial charge in [0.05, 0.1) is 13.1 Å². The summed E-state index contributed by atoms with van der Waals surface area (Å²) in [5, 5.41) is 0. The average molecular weight is 235 g/mol. The van der Waals surface area contributed by atoms with Crippen molar-refractivity contribution in [3.05, 3.63) is 0 Å². The monoisotopic (exact) mass is 235 g/mol. The number of rotatable bonds is 2. The first-order valence-corrected chi connectivity index (χ1v) is 5.77. The van der Waals surface area contributed by atoms with Crippen LogP contribution < -0.4 is 0 Å². The van der Waals surface area contributed by atoms with Gasteiger partial charge in [0, 0.05) is 0 Å². The van der Waals surface area contributed by atoms with E-state index < -0.39 is 19.9 Å². The minimum Gasteiger partial charge on any atom is -0.447 e. The van der Waals surface area contributed by atoms with Crippen LogP contribution in [-0.4, -0.2) is 47.8 Å². The summed E-state index contributed by atoms with van der Waals surface area (Å²) < 4.78 is 21.8. The largest absolute Gasteiger partial charge is 0.447 e. The van der Waals surface area contributed by atoms with E-state index in [1.807, 2.05) is 0 Å². The van der Waals surface area contributed by atoms with E-state index in [1.54, 1.807) is 0 Å². The molecule has 2 fully saturated rings. The molecule has 0 spiro atoms. The zero-order valence-electron chi connectivity index (χ0n) is 7.62. The van der Waals surface area contributed by atoms with Gasteiger partial charge in [-0.25, -0.2) is 23.5 Å². The molecule has 2 aliphatic heterocycles. The third kappa shape index (κ3) is 1.55. The fourth-order valence-corrected chi connectivity index (χ4v) is 2.82. The molecular formula is C6H8N2O6P. The molecule has 9 heteroatoms. The summed E-state index contributed by atoms with van der Waals surface area (Å²) in [7, 11) is -4.43. The van der Waals surface area contributed by atoms with Crippen LogP contribution in [0.5, 0.6) is 0 Å². The van der Waals surface area contributed by atoms with E-state index in [4.69, 9.17) is 0 Å². The van der Waals surface area contributed by atoms with Crippen molar-refractivity contribution in [2.75, 3.05) is 26.3 Å². The number of ether oxygens (including phenoxy) is 2. The number of nitrogens with zero attached hydrogens (tertiary/aromatic N) is 2. The maximum atomic E-state index is 11.7.